The maximum atomic E-state index is 11.9. The zero-order chi connectivity index (χ0) is 16.8. The number of amides is 2. The van der Waals surface area contributed by atoms with E-state index < -0.39 is 5.97 Å². The molecular weight excluding hydrogens is 314 g/mol. The van der Waals surface area contributed by atoms with E-state index in [1.807, 2.05) is 19.9 Å². The van der Waals surface area contributed by atoms with Crippen molar-refractivity contribution in [3.8, 4) is 0 Å². The first kappa shape index (κ1) is 17.0. The largest absolute Gasteiger partial charge is 0.465 e. The molecule has 0 atom stereocenters. The van der Waals surface area contributed by atoms with Crippen molar-refractivity contribution in [3.05, 3.63) is 45.4 Å². The third-order valence-electron chi connectivity index (χ3n) is 3.37. The van der Waals surface area contributed by atoms with Gasteiger partial charge in [-0.05, 0) is 43.5 Å². The number of aromatic nitrogens is 1. The molecular formula is C16H19N3O3S. The quantitative estimate of drug-likeness (QED) is 0.825. The number of thiophene rings is 1. The Morgan fingerprint density at radius 2 is 2.13 bits per heavy atom. The summed E-state index contributed by atoms with van der Waals surface area (Å²) in [7, 11) is 1.33. The molecule has 2 amide bonds. The fourth-order valence-corrected chi connectivity index (χ4v) is 2.96. The standard InChI is InChI=1S/C16H19N3O3S/c1-10-9-17-6-4-12(10)5-7-18-16(21)19-13-8-14(15(20)22-3)23-11(13)2/h4,6,8-9H,5,7H2,1-3H3,(H2,18,19,21). The lowest BCUT2D eigenvalue weighted by Gasteiger charge is -2.08. The Hall–Kier alpha value is -2.41. The zero-order valence-corrected chi connectivity index (χ0v) is 14.1. The lowest BCUT2D eigenvalue weighted by atomic mass is 10.1. The number of urea groups is 1. The number of nitrogens with one attached hydrogen (secondary N) is 2. The average Bonchev–Trinajstić information content (AvgIpc) is 2.89. The fraction of sp³-hybridized carbons (Fsp3) is 0.312. The minimum atomic E-state index is -0.403. The Kier molecular flexibility index (Phi) is 5.70. The van der Waals surface area contributed by atoms with Crippen LogP contribution in [0, 0.1) is 13.8 Å². The van der Waals surface area contributed by atoms with Gasteiger partial charge in [0.2, 0.25) is 0 Å². The number of carbonyl (C=O) groups excluding carboxylic acids is 2. The van der Waals surface area contributed by atoms with Crippen molar-refractivity contribution in [2.45, 2.75) is 20.3 Å². The zero-order valence-electron chi connectivity index (χ0n) is 13.3. The van der Waals surface area contributed by atoms with Gasteiger partial charge >= 0.3 is 12.0 Å². The number of hydrogen-bond donors (Lipinski definition) is 2. The molecule has 0 unspecified atom stereocenters. The van der Waals surface area contributed by atoms with Gasteiger partial charge in [0, 0.05) is 23.8 Å². The highest BCUT2D eigenvalue weighted by molar-refractivity contribution is 7.14. The minimum absolute atomic E-state index is 0.297. The molecule has 23 heavy (non-hydrogen) atoms. The molecule has 2 rings (SSSR count). The van der Waals surface area contributed by atoms with E-state index in [-0.39, 0.29) is 6.03 Å². The summed E-state index contributed by atoms with van der Waals surface area (Å²) in [6.07, 6.45) is 4.28. The third kappa shape index (κ3) is 4.53. The van der Waals surface area contributed by atoms with Crippen molar-refractivity contribution in [3.63, 3.8) is 0 Å². The molecule has 0 spiro atoms. The van der Waals surface area contributed by atoms with Crippen molar-refractivity contribution in [2.75, 3.05) is 19.0 Å². The SMILES string of the molecule is COC(=O)c1cc(NC(=O)NCCc2ccncc2C)c(C)s1. The second-order valence-electron chi connectivity index (χ2n) is 5.01. The number of nitrogens with zero attached hydrogens (tertiary/aromatic N) is 1. The summed E-state index contributed by atoms with van der Waals surface area (Å²) in [6.45, 7) is 4.35. The molecule has 2 N–H and O–H groups in total. The highest BCUT2D eigenvalue weighted by Gasteiger charge is 2.14. The van der Waals surface area contributed by atoms with Crippen molar-refractivity contribution in [1.82, 2.24) is 10.3 Å². The van der Waals surface area contributed by atoms with Crippen molar-refractivity contribution in [2.24, 2.45) is 0 Å². The lowest BCUT2D eigenvalue weighted by Crippen LogP contribution is -2.30. The number of anilines is 1. The topological polar surface area (TPSA) is 80.3 Å². The molecule has 0 fully saturated rings. The number of esters is 1. The molecule has 2 heterocycles. The van der Waals surface area contributed by atoms with E-state index in [0.717, 1.165) is 22.4 Å². The molecule has 6 nitrogen and oxygen atoms in total. The van der Waals surface area contributed by atoms with Gasteiger partial charge < -0.3 is 15.4 Å². The van der Waals surface area contributed by atoms with E-state index in [1.54, 1.807) is 18.5 Å². The highest BCUT2D eigenvalue weighted by Crippen LogP contribution is 2.26. The number of rotatable bonds is 5. The molecule has 0 bridgehead atoms. The summed E-state index contributed by atoms with van der Waals surface area (Å²) in [5.41, 5.74) is 2.87. The van der Waals surface area contributed by atoms with Crippen molar-refractivity contribution >= 4 is 29.0 Å². The molecule has 0 saturated carbocycles. The molecule has 7 heteroatoms. The third-order valence-corrected chi connectivity index (χ3v) is 4.40. The predicted octanol–water partition coefficient (Wildman–Crippen LogP) is 2.91. The van der Waals surface area contributed by atoms with Crippen LogP contribution in [0.25, 0.3) is 0 Å². The van der Waals surface area contributed by atoms with Crippen LogP contribution in [0.1, 0.15) is 25.7 Å². The second kappa shape index (κ2) is 7.73. The van der Waals surface area contributed by atoms with E-state index in [4.69, 9.17) is 0 Å². The Balaban J connectivity index is 1.87. The van der Waals surface area contributed by atoms with Crippen LogP contribution in [0.15, 0.2) is 24.5 Å². The number of methoxy groups -OCH3 is 1. The van der Waals surface area contributed by atoms with E-state index in [9.17, 15) is 9.59 Å². The summed E-state index contributed by atoms with van der Waals surface area (Å²) in [5.74, 6) is -0.403. The smallest absolute Gasteiger partial charge is 0.348 e. The maximum absolute atomic E-state index is 11.9. The van der Waals surface area contributed by atoms with E-state index in [0.29, 0.717) is 17.1 Å². The summed E-state index contributed by atoms with van der Waals surface area (Å²) in [5, 5.41) is 5.56. The number of hydrogen-bond acceptors (Lipinski definition) is 5. The van der Waals surface area contributed by atoms with E-state index in [1.165, 1.54) is 18.4 Å². The van der Waals surface area contributed by atoms with Crippen molar-refractivity contribution in [1.29, 1.82) is 0 Å². The molecule has 122 valence electrons. The highest BCUT2D eigenvalue weighted by atomic mass is 32.1. The Bertz CT molecular complexity index is 712. The number of pyridine rings is 1. The van der Waals surface area contributed by atoms with Gasteiger partial charge in [0.25, 0.3) is 0 Å². The monoisotopic (exact) mass is 333 g/mol. The summed E-state index contributed by atoms with van der Waals surface area (Å²) in [6, 6.07) is 3.27. The van der Waals surface area contributed by atoms with Crippen LogP contribution >= 0.6 is 11.3 Å². The Morgan fingerprint density at radius 3 is 2.83 bits per heavy atom. The molecule has 0 saturated heterocycles. The Morgan fingerprint density at radius 1 is 1.35 bits per heavy atom. The van der Waals surface area contributed by atoms with Gasteiger partial charge in [-0.1, -0.05) is 0 Å². The minimum Gasteiger partial charge on any atom is -0.465 e. The van der Waals surface area contributed by atoms with Crippen LogP contribution in [-0.2, 0) is 11.2 Å². The van der Waals surface area contributed by atoms with Gasteiger partial charge in [0.1, 0.15) is 4.88 Å². The van der Waals surface area contributed by atoms with Gasteiger partial charge in [-0.25, -0.2) is 9.59 Å². The van der Waals surface area contributed by atoms with Crippen LogP contribution in [0.5, 0.6) is 0 Å². The summed E-state index contributed by atoms with van der Waals surface area (Å²) < 4.78 is 4.67. The van der Waals surface area contributed by atoms with Crippen LogP contribution in [-0.4, -0.2) is 30.6 Å². The van der Waals surface area contributed by atoms with E-state index >= 15 is 0 Å². The van der Waals surface area contributed by atoms with Gasteiger partial charge in [-0.2, -0.15) is 0 Å². The van der Waals surface area contributed by atoms with Crippen LogP contribution in [0.2, 0.25) is 0 Å². The molecule has 2 aromatic heterocycles. The van der Waals surface area contributed by atoms with Crippen LogP contribution in [0.4, 0.5) is 10.5 Å². The molecule has 0 aliphatic heterocycles. The number of carbonyl (C=O) groups is 2. The summed E-state index contributed by atoms with van der Waals surface area (Å²) >= 11 is 1.29. The van der Waals surface area contributed by atoms with Crippen LogP contribution < -0.4 is 10.6 Å². The van der Waals surface area contributed by atoms with Gasteiger partial charge in [0.05, 0.1) is 12.8 Å². The first-order chi connectivity index (χ1) is 11.0. The van der Waals surface area contributed by atoms with Crippen LogP contribution in [0.3, 0.4) is 0 Å². The van der Waals surface area contributed by atoms with Gasteiger partial charge in [-0.3, -0.25) is 4.98 Å². The molecule has 0 aliphatic rings. The second-order valence-corrected chi connectivity index (χ2v) is 6.26. The number of aryl methyl sites for hydroxylation is 2. The van der Waals surface area contributed by atoms with Gasteiger partial charge in [-0.15, -0.1) is 11.3 Å². The first-order valence-electron chi connectivity index (χ1n) is 7.14. The lowest BCUT2D eigenvalue weighted by molar-refractivity contribution is 0.0606. The van der Waals surface area contributed by atoms with E-state index in [2.05, 4.69) is 20.4 Å². The Labute approximate surface area is 138 Å². The fourth-order valence-electron chi connectivity index (χ4n) is 2.07. The number of ether oxygens (including phenoxy) is 1. The van der Waals surface area contributed by atoms with Crippen molar-refractivity contribution < 1.29 is 14.3 Å². The molecule has 0 radical (unpaired) electrons. The molecule has 0 aliphatic carbocycles. The maximum Gasteiger partial charge on any atom is 0.348 e. The summed E-state index contributed by atoms with van der Waals surface area (Å²) in [4.78, 5) is 28.8. The van der Waals surface area contributed by atoms with Gasteiger partial charge in [0.15, 0.2) is 0 Å². The first-order valence-corrected chi connectivity index (χ1v) is 7.96. The predicted molar refractivity (Wildman–Crippen MR) is 90.1 cm³/mol. The normalized spacial score (nSPS) is 10.2. The molecule has 2 aromatic rings. The average molecular weight is 333 g/mol. The molecule has 0 aromatic carbocycles.